The summed E-state index contributed by atoms with van der Waals surface area (Å²) in [6.45, 7) is 1.73. The van der Waals surface area contributed by atoms with Gasteiger partial charge in [0.25, 0.3) is 0 Å². The van der Waals surface area contributed by atoms with Crippen LogP contribution in [-0.2, 0) is 0 Å². The SMILES string of the molecule is C/C(=N/Nc1ccc(Cl)c(C(=O)O)c1)c1ccc(Cl)c(Cl)c1Cl. The van der Waals surface area contributed by atoms with Crippen molar-refractivity contribution >= 4 is 63.8 Å². The molecule has 2 N–H and O–H groups in total. The lowest BCUT2D eigenvalue weighted by Crippen LogP contribution is -2.03. The minimum atomic E-state index is -1.12. The number of nitrogens with one attached hydrogen (secondary N) is 1. The quantitative estimate of drug-likeness (QED) is 0.391. The fraction of sp³-hybridized carbons (Fsp3) is 0.0667. The van der Waals surface area contributed by atoms with Crippen LogP contribution >= 0.6 is 46.4 Å². The van der Waals surface area contributed by atoms with Crippen LogP contribution in [0.4, 0.5) is 5.69 Å². The van der Waals surface area contributed by atoms with E-state index in [0.717, 1.165) is 0 Å². The van der Waals surface area contributed by atoms with E-state index >= 15 is 0 Å². The summed E-state index contributed by atoms with van der Waals surface area (Å²) in [7, 11) is 0. The van der Waals surface area contributed by atoms with Gasteiger partial charge in [-0.1, -0.05) is 52.5 Å². The maximum Gasteiger partial charge on any atom is 0.337 e. The number of carboxylic acids is 1. The summed E-state index contributed by atoms with van der Waals surface area (Å²) >= 11 is 23.8. The average Bonchev–Trinajstić information content (AvgIpc) is 2.51. The number of hydrogen-bond acceptors (Lipinski definition) is 3. The Labute approximate surface area is 152 Å². The van der Waals surface area contributed by atoms with E-state index in [-0.39, 0.29) is 15.6 Å². The van der Waals surface area contributed by atoms with Crippen LogP contribution in [0, 0.1) is 0 Å². The van der Waals surface area contributed by atoms with Crippen LogP contribution in [0.15, 0.2) is 35.4 Å². The van der Waals surface area contributed by atoms with Crippen LogP contribution in [0.2, 0.25) is 20.1 Å². The lowest BCUT2D eigenvalue weighted by atomic mass is 10.1. The van der Waals surface area contributed by atoms with Crippen molar-refractivity contribution < 1.29 is 9.90 Å². The van der Waals surface area contributed by atoms with E-state index in [1.54, 1.807) is 25.1 Å². The smallest absolute Gasteiger partial charge is 0.337 e. The second-order valence-corrected chi connectivity index (χ2v) is 6.10. The maximum absolute atomic E-state index is 11.1. The van der Waals surface area contributed by atoms with E-state index in [4.69, 9.17) is 51.5 Å². The molecule has 0 amide bonds. The first kappa shape index (κ1) is 17.9. The molecular weight excluding hydrogens is 382 g/mol. The Morgan fingerprint density at radius 3 is 2.30 bits per heavy atom. The Kier molecular flexibility index (Phi) is 5.76. The van der Waals surface area contributed by atoms with Gasteiger partial charge in [0.2, 0.25) is 0 Å². The fourth-order valence-electron chi connectivity index (χ4n) is 1.77. The maximum atomic E-state index is 11.1. The molecule has 0 unspecified atom stereocenters. The number of carbonyl (C=O) groups is 1. The molecule has 4 nitrogen and oxygen atoms in total. The minimum absolute atomic E-state index is 0.0166. The highest BCUT2D eigenvalue weighted by atomic mass is 35.5. The molecule has 8 heteroatoms. The third-order valence-corrected chi connectivity index (χ3v) is 4.60. The van der Waals surface area contributed by atoms with Crippen molar-refractivity contribution in [3.8, 4) is 0 Å². The summed E-state index contributed by atoms with van der Waals surface area (Å²) in [6.07, 6.45) is 0. The Hall–Kier alpha value is -1.46. The molecule has 0 saturated carbocycles. The van der Waals surface area contributed by atoms with Crippen LogP contribution in [-0.4, -0.2) is 16.8 Å². The number of rotatable bonds is 4. The van der Waals surface area contributed by atoms with Crippen LogP contribution in [0.5, 0.6) is 0 Å². The molecule has 0 fully saturated rings. The van der Waals surface area contributed by atoms with Gasteiger partial charge in [-0.3, -0.25) is 5.43 Å². The normalized spacial score (nSPS) is 11.4. The molecule has 0 spiro atoms. The lowest BCUT2D eigenvalue weighted by molar-refractivity contribution is 0.0697. The number of aromatic carboxylic acids is 1. The number of nitrogens with zero attached hydrogens (tertiary/aromatic N) is 1. The first-order valence-electron chi connectivity index (χ1n) is 6.28. The highest BCUT2D eigenvalue weighted by molar-refractivity contribution is 6.49. The third-order valence-electron chi connectivity index (χ3n) is 2.97. The molecule has 0 bridgehead atoms. The van der Waals surface area contributed by atoms with Gasteiger partial charge < -0.3 is 5.11 Å². The van der Waals surface area contributed by atoms with Crippen molar-refractivity contribution in [2.45, 2.75) is 6.92 Å². The summed E-state index contributed by atoms with van der Waals surface area (Å²) in [6, 6.07) is 7.79. The predicted molar refractivity (Wildman–Crippen MR) is 95.7 cm³/mol. The summed E-state index contributed by atoms with van der Waals surface area (Å²) in [5.74, 6) is -1.12. The number of halogens is 4. The zero-order valence-electron chi connectivity index (χ0n) is 11.7. The summed E-state index contributed by atoms with van der Waals surface area (Å²) < 4.78 is 0. The highest BCUT2D eigenvalue weighted by Crippen LogP contribution is 2.33. The molecule has 0 atom stereocenters. The first-order valence-corrected chi connectivity index (χ1v) is 7.79. The van der Waals surface area contributed by atoms with E-state index in [0.29, 0.717) is 27.0 Å². The standard InChI is InChI=1S/C15H10Cl4N2O2/c1-7(9-3-5-12(17)14(19)13(9)18)20-21-8-2-4-11(16)10(6-8)15(22)23/h2-6,21H,1H3,(H,22,23)/b20-7-. The van der Waals surface area contributed by atoms with Gasteiger partial charge in [-0.2, -0.15) is 5.10 Å². The van der Waals surface area contributed by atoms with E-state index < -0.39 is 5.97 Å². The lowest BCUT2D eigenvalue weighted by Gasteiger charge is -2.08. The number of anilines is 1. The molecule has 0 radical (unpaired) electrons. The zero-order chi connectivity index (χ0) is 17.1. The highest BCUT2D eigenvalue weighted by Gasteiger charge is 2.12. The second kappa shape index (κ2) is 7.41. The van der Waals surface area contributed by atoms with E-state index in [1.807, 2.05) is 0 Å². The van der Waals surface area contributed by atoms with E-state index in [2.05, 4.69) is 10.5 Å². The van der Waals surface area contributed by atoms with Crippen LogP contribution < -0.4 is 5.43 Å². The molecule has 0 aliphatic heterocycles. The number of carboxylic acid groups (broad SMARTS) is 1. The van der Waals surface area contributed by atoms with Gasteiger partial charge in [0.15, 0.2) is 0 Å². The minimum Gasteiger partial charge on any atom is -0.478 e. The van der Waals surface area contributed by atoms with Gasteiger partial charge in [-0.05, 0) is 31.2 Å². The Morgan fingerprint density at radius 2 is 1.65 bits per heavy atom. The second-order valence-electron chi connectivity index (χ2n) is 4.53. The van der Waals surface area contributed by atoms with E-state index in [1.165, 1.54) is 12.1 Å². The van der Waals surface area contributed by atoms with Crippen molar-refractivity contribution in [2.75, 3.05) is 5.43 Å². The van der Waals surface area contributed by atoms with Crippen molar-refractivity contribution in [3.05, 3.63) is 61.5 Å². The van der Waals surface area contributed by atoms with Crippen molar-refractivity contribution in [3.63, 3.8) is 0 Å². The van der Waals surface area contributed by atoms with Crippen molar-refractivity contribution in [2.24, 2.45) is 5.10 Å². The molecule has 23 heavy (non-hydrogen) atoms. The Bertz CT molecular complexity index is 806. The van der Waals surface area contributed by atoms with Crippen molar-refractivity contribution in [1.82, 2.24) is 0 Å². The summed E-state index contributed by atoms with van der Waals surface area (Å²) in [5.41, 5.74) is 4.38. The van der Waals surface area contributed by atoms with Gasteiger partial charge in [-0.15, -0.1) is 0 Å². The monoisotopic (exact) mass is 390 g/mol. The molecule has 0 aliphatic rings. The molecule has 2 aromatic rings. The van der Waals surface area contributed by atoms with Gasteiger partial charge in [-0.25, -0.2) is 4.79 Å². The first-order chi connectivity index (χ1) is 10.8. The predicted octanol–water partition coefficient (Wildman–Crippen LogP) is 5.83. The summed E-state index contributed by atoms with van der Waals surface area (Å²) in [5, 5.41) is 14.3. The fourth-order valence-corrected chi connectivity index (χ4v) is 2.64. The average molecular weight is 392 g/mol. The molecule has 0 aliphatic carbocycles. The Balaban J connectivity index is 2.28. The molecule has 120 valence electrons. The molecular formula is C15H10Cl4N2O2. The molecule has 2 aromatic carbocycles. The van der Waals surface area contributed by atoms with Gasteiger partial charge >= 0.3 is 5.97 Å². The topological polar surface area (TPSA) is 61.7 Å². The molecule has 0 aromatic heterocycles. The van der Waals surface area contributed by atoms with E-state index in [9.17, 15) is 4.79 Å². The van der Waals surface area contributed by atoms with Gasteiger partial charge in [0, 0.05) is 5.56 Å². The molecule has 0 heterocycles. The zero-order valence-corrected chi connectivity index (χ0v) is 14.7. The van der Waals surface area contributed by atoms with Gasteiger partial charge in [0.05, 0.1) is 37.1 Å². The molecule has 2 rings (SSSR count). The number of hydrogen-bond donors (Lipinski definition) is 2. The van der Waals surface area contributed by atoms with Gasteiger partial charge in [0.1, 0.15) is 0 Å². The Morgan fingerprint density at radius 1 is 1.00 bits per heavy atom. The third kappa shape index (κ3) is 4.09. The summed E-state index contributed by atoms with van der Waals surface area (Å²) in [4.78, 5) is 11.1. The largest absolute Gasteiger partial charge is 0.478 e. The number of benzene rings is 2. The van der Waals surface area contributed by atoms with Crippen LogP contribution in [0.3, 0.4) is 0 Å². The molecule has 0 saturated heterocycles. The van der Waals surface area contributed by atoms with Crippen molar-refractivity contribution in [1.29, 1.82) is 0 Å². The van der Waals surface area contributed by atoms with Crippen LogP contribution in [0.25, 0.3) is 0 Å². The number of hydrazone groups is 1. The van der Waals surface area contributed by atoms with Crippen LogP contribution in [0.1, 0.15) is 22.8 Å².